The van der Waals surface area contributed by atoms with E-state index in [0.29, 0.717) is 12.8 Å². The van der Waals surface area contributed by atoms with E-state index in [4.69, 9.17) is 4.74 Å². The van der Waals surface area contributed by atoms with Gasteiger partial charge in [0.05, 0.1) is 10.8 Å². The Morgan fingerprint density at radius 3 is 2.35 bits per heavy atom. The van der Waals surface area contributed by atoms with Crippen LogP contribution in [0.2, 0.25) is 0 Å². The van der Waals surface area contributed by atoms with Crippen molar-refractivity contribution in [3.63, 3.8) is 0 Å². The topological polar surface area (TPSA) is 122 Å². The summed E-state index contributed by atoms with van der Waals surface area (Å²) in [4.78, 5) is 34.6. The number of hydrogen-bond donors (Lipinski definition) is 2. The third-order valence-electron chi connectivity index (χ3n) is 3.99. The van der Waals surface area contributed by atoms with Crippen LogP contribution in [0.1, 0.15) is 12.8 Å². The summed E-state index contributed by atoms with van der Waals surface area (Å²) in [6.45, 7) is -0.169. The molecule has 1 aliphatic rings. The quantitative estimate of drug-likeness (QED) is 0.695. The van der Waals surface area contributed by atoms with Crippen molar-refractivity contribution in [2.45, 2.75) is 17.7 Å². The average molecular weight is 383 g/mol. The summed E-state index contributed by atoms with van der Waals surface area (Å²) in [5.74, 6) is -1.79. The van der Waals surface area contributed by atoms with E-state index in [1.165, 1.54) is 23.5 Å². The van der Waals surface area contributed by atoms with Gasteiger partial charge in [-0.2, -0.15) is 4.31 Å². The minimum atomic E-state index is -3.58. The highest BCUT2D eigenvalue weighted by Crippen LogP contribution is 2.24. The molecule has 0 bridgehead atoms. The number of rotatable bonds is 5. The lowest BCUT2D eigenvalue weighted by Crippen LogP contribution is -2.42. The molecule has 1 fully saturated rings. The third kappa shape index (κ3) is 5.02. The van der Waals surface area contributed by atoms with Crippen LogP contribution in [0, 0.1) is 5.92 Å². The Bertz CT molecular complexity index is 757. The number of hydrogen-bond acceptors (Lipinski definition) is 6. The van der Waals surface area contributed by atoms with Gasteiger partial charge in [0, 0.05) is 20.1 Å². The number of nitrogens with one attached hydrogen (secondary N) is 2. The predicted octanol–water partition coefficient (Wildman–Crippen LogP) is 0.0861. The maximum atomic E-state index is 12.5. The van der Waals surface area contributed by atoms with E-state index < -0.39 is 40.5 Å². The maximum absolute atomic E-state index is 12.5. The first kappa shape index (κ1) is 19.9. The van der Waals surface area contributed by atoms with Crippen LogP contribution in [0.4, 0.5) is 4.79 Å². The molecular weight excluding hydrogens is 362 g/mol. The number of carbonyl (C=O) groups is 3. The third-order valence-corrected chi connectivity index (χ3v) is 5.91. The van der Waals surface area contributed by atoms with Crippen LogP contribution in [0.15, 0.2) is 35.2 Å². The average Bonchev–Trinajstić information content (AvgIpc) is 2.66. The van der Waals surface area contributed by atoms with Crippen LogP contribution >= 0.6 is 0 Å². The highest BCUT2D eigenvalue weighted by Gasteiger charge is 2.32. The molecule has 0 aliphatic carbocycles. The van der Waals surface area contributed by atoms with Gasteiger partial charge in [0.2, 0.25) is 10.0 Å². The van der Waals surface area contributed by atoms with Gasteiger partial charge >= 0.3 is 12.0 Å². The van der Waals surface area contributed by atoms with E-state index in [1.807, 2.05) is 5.32 Å². The van der Waals surface area contributed by atoms with Crippen LogP contribution < -0.4 is 10.6 Å². The number of benzene rings is 1. The summed E-state index contributed by atoms with van der Waals surface area (Å²) in [6, 6.07) is 7.41. The predicted molar refractivity (Wildman–Crippen MR) is 91.5 cm³/mol. The molecule has 1 aliphatic heterocycles. The number of amides is 3. The lowest BCUT2D eigenvalue weighted by atomic mass is 9.98. The molecule has 2 rings (SSSR count). The minimum Gasteiger partial charge on any atom is -0.455 e. The lowest BCUT2D eigenvalue weighted by Gasteiger charge is -2.30. The van der Waals surface area contributed by atoms with Gasteiger partial charge in [0.25, 0.3) is 5.91 Å². The van der Waals surface area contributed by atoms with Gasteiger partial charge in [0.1, 0.15) is 0 Å². The summed E-state index contributed by atoms with van der Waals surface area (Å²) in [5, 5.41) is 4.18. The fourth-order valence-corrected chi connectivity index (χ4v) is 4.04. The van der Waals surface area contributed by atoms with Gasteiger partial charge in [-0.05, 0) is 25.0 Å². The fraction of sp³-hybridized carbons (Fsp3) is 0.438. The Hall–Kier alpha value is -2.46. The Morgan fingerprint density at radius 2 is 1.77 bits per heavy atom. The zero-order valence-corrected chi connectivity index (χ0v) is 15.1. The molecule has 0 atom stereocenters. The van der Waals surface area contributed by atoms with Crippen molar-refractivity contribution < 1.29 is 27.5 Å². The molecule has 1 aromatic carbocycles. The van der Waals surface area contributed by atoms with Gasteiger partial charge in [-0.15, -0.1) is 0 Å². The van der Waals surface area contributed by atoms with Gasteiger partial charge < -0.3 is 10.1 Å². The summed E-state index contributed by atoms with van der Waals surface area (Å²) in [7, 11) is -2.23. The molecule has 3 amide bonds. The van der Waals surface area contributed by atoms with E-state index in [-0.39, 0.29) is 18.0 Å². The van der Waals surface area contributed by atoms with Crippen molar-refractivity contribution in [3.05, 3.63) is 30.3 Å². The summed E-state index contributed by atoms with van der Waals surface area (Å²) in [5.41, 5.74) is 0. The molecule has 0 spiro atoms. The summed E-state index contributed by atoms with van der Waals surface area (Å²) in [6.07, 6.45) is 0.615. The first-order valence-corrected chi connectivity index (χ1v) is 9.52. The number of nitrogens with zero attached hydrogens (tertiary/aromatic N) is 1. The van der Waals surface area contributed by atoms with Crippen LogP contribution in [-0.4, -0.2) is 57.4 Å². The Kier molecular flexibility index (Phi) is 6.70. The van der Waals surface area contributed by atoms with Crippen molar-refractivity contribution in [2.75, 3.05) is 26.7 Å². The van der Waals surface area contributed by atoms with E-state index >= 15 is 0 Å². The molecule has 1 saturated heterocycles. The number of urea groups is 1. The molecule has 1 aromatic rings. The highest BCUT2D eigenvalue weighted by molar-refractivity contribution is 7.89. The SMILES string of the molecule is CNC(=O)NC(=O)COC(=O)C1CCN(S(=O)(=O)c2ccccc2)CC1. The summed E-state index contributed by atoms with van der Waals surface area (Å²) >= 11 is 0. The monoisotopic (exact) mass is 383 g/mol. The zero-order valence-electron chi connectivity index (χ0n) is 14.3. The second kappa shape index (κ2) is 8.77. The minimum absolute atomic E-state index is 0.196. The smallest absolute Gasteiger partial charge is 0.321 e. The van der Waals surface area contributed by atoms with E-state index in [9.17, 15) is 22.8 Å². The molecule has 1 heterocycles. The normalized spacial score (nSPS) is 15.9. The molecule has 0 aromatic heterocycles. The Balaban J connectivity index is 1.83. The molecule has 10 heteroatoms. The number of esters is 1. The molecule has 0 unspecified atom stereocenters. The van der Waals surface area contributed by atoms with Crippen LogP contribution in [0.3, 0.4) is 0 Å². The highest BCUT2D eigenvalue weighted by atomic mass is 32.2. The Morgan fingerprint density at radius 1 is 1.15 bits per heavy atom. The molecular formula is C16H21N3O6S. The number of piperidine rings is 1. The molecule has 2 N–H and O–H groups in total. The lowest BCUT2D eigenvalue weighted by molar-refractivity contribution is -0.153. The molecule has 142 valence electrons. The van der Waals surface area contributed by atoms with Crippen molar-refractivity contribution in [1.29, 1.82) is 0 Å². The second-order valence-electron chi connectivity index (χ2n) is 5.73. The Labute approximate surface area is 151 Å². The largest absolute Gasteiger partial charge is 0.455 e. The van der Waals surface area contributed by atoms with Crippen molar-refractivity contribution in [3.8, 4) is 0 Å². The van der Waals surface area contributed by atoms with Crippen molar-refractivity contribution >= 4 is 27.9 Å². The molecule has 9 nitrogen and oxygen atoms in total. The number of imide groups is 1. The summed E-state index contributed by atoms with van der Waals surface area (Å²) < 4.78 is 31.3. The van der Waals surface area contributed by atoms with Crippen molar-refractivity contribution in [1.82, 2.24) is 14.9 Å². The number of carbonyl (C=O) groups excluding carboxylic acids is 3. The van der Waals surface area contributed by atoms with Crippen molar-refractivity contribution in [2.24, 2.45) is 5.92 Å². The van der Waals surface area contributed by atoms with Crippen LogP contribution in [0.25, 0.3) is 0 Å². The van der Waals surface area contributed by atoms with Crippen LogP contribution in [-0.2, 0) is 24.3 Å². The van der Waals surface area contributed by atoms with E-state index in [2.05, 4.69) is 5.32 Å². The standard InChI is InChI=1S/C16H21N3O6S/c1-17-16(22)18-14(20)11-25-15(21)12-7-9-19(10-8-12)26(23,24)13-5-3-2-4-6-13/h2-6,12H,7-11H2,1H3,(H2,17,18,20,22). The molecule has 0 saturated carbocycles. The first-order chi connectivity index (χ1) is 12.3. The molecule has 0 radical (unpaired) electrons. The van der Waals surface area contributed by atoms with Gasteiger partial charge in [-0.25, -0.2) is 13.2 Å². The van der Waals surface area contributed by atoms with Gasteiger partial charge in [-0.3, -0.25) is 14.9 Å². The number of sulfonamides is 1. The zero-order chi connectivity index (χ0) is 19.2. The maximum Gasteiger partial charge on any atom is 0.321 e. The van der Waals surface area contributed by atoms with Gasteiger partial charge in [0.15, 0.2) is 6.61 Å². The second-order valence-corrected chi connectivity index (χ2v) is 7.66. The van der Waals surface area contributed by atoms with E-state index in [1.54, 1.807) is 18.2 Å². The first-order valence-electron chi connectivity index (χ1n) is 8.08. The van der Waals surface area contributed by atoms with E-state index in [0.717, 1.165) is 0 Å². The van der Waals surface area contributed by atoms with Gasteiger partial charge in [-0.1, -0.05) is 18.2 Å². The number of ether oxygens (including phenoxy) is 1. The molecule has 26 heavy (non-hydrogen) atoms. The van der Waals surface area contributed by atoms with Crippen LogP contribution in [0.5, 0.6) is 0 Å². The fourth-order valence-electron chi connectivity index (χ4n) is 2.55.